The molecule has 4 rings (SSSR count). The summed E-state index contributed by atoms with van der Waals surface area (Å²) in [7, 11) is 0. The van der Waals surface area contributed by atoms with Crippen molar-refractivity contribution in [2.45, 2.75) is 31.7 Å². The summed E-state index contributed by atoms with van der Waals surface area (Å²) >= 11 is 0. The molecule has 2 aliphatic carbocycles. The van der Waals surface area contributed by atoms with Crippen molar-refractivity contribution in [3.8, 4) is 0 Å². The van der Waals surface area contributed by atoms with Crippen molar-refractivity contribution in [3.63, 3.8) is 0 Å². The molecule has 2 aromatic rings. The molecule has 0 amide bonds. The molecule has 20 heavy (non-hydrogen) atoms. The van der Waals surface area contributed by atoms with Gasteiger partial charge in [0.1, 0.15) is 0 Å². The number of aryl methyl sites for hydroxylation is 1. The van der Waals surface area contributed by atoms with Crippen LogP contribution in [0.1, 0.15) is 42.0 Å². The Kier molecular flexibility index (Phi) is 2.92. The zero-order valence-electron chi connectivity index (χ0n) is 11.9. The van der Waals surface area contributed by atoms with Crippen LogP contribution in [0.3, 0.4) is 0 Å². The third-order valence-corrected chi connectivity index (χ3v) is 5.10. The van der Waals surface area contributed by atoms with Gasteiger partial charge in [-0.3, -0.25) is 0 Å². The Hall–Kier alpha value is -1.54. The smallest absolute Gasteiger partial charge is 0.0950 e. The van der Waals surface area contributed by atoms with Crippen LogP contribution in [0, 0.1) is 11.8 Å². The van der Waals surface area contributed by atoms with E-state index in [1.165, 1.54) is 18.4 Å². The van der Waals surface area contributed by atoms with E-state index >= 15 is 0 Å². The van der Waals surface area contributed by atoms with Crippen LogP contribution in [-0.4, -0.2) is 6.54 Å². The minimum atomic E-state index is 0.444. The number of benzene rings is 1. The molecule has 0 bridgehead atoms. The van der Waals surface area contributed by atoms with Crippen molar-refractivity contribution in [1.29, 1.82) is 0 Å². The lowest BCUT2D eigenvalue weighted by Gasteiger charge is -2.16. The number of hydrogen-bond donors (Lipinski definition) is 1. The summed E-state index contributed by atoms with van der Waals surface area (Å²) in [6, 6.07) is 11.6. The molecule has 0 saturated heterocycles. The van der Waals surface area contributed by atoms with Gasteiger partial charge in [0.15, 0.2) is 0 Å². The monoisotopic (exact) mass is 267 g/mol. The van der Waals surface area contributed by atoms with E-state index < -0.39 is 0 Å². The first-order chi connectivity index (χ1) is 9.90. The van der Waals surface area contributed by atoms with Crippen molar-refractivity contribution in [2.24, 2.45) is 11.8 Å². The minimum absolute atomic E-state index is 0.444. The van der Waals surface area contributed by atoms with Crippen molar-refractivity contribution in [1.82, 2.24) is 5.32 Å². The molecule has 0 spiro atoms. The van der Waals surface area contributed by atoms with E-state index in [0.717, 1.165) is 24.3 Å². The molecule has 4 atom stereocenters. The lowest BCUT2D eigenvalue weighted by molar-refractivity contribution is 0.453. The van der Waals surface area contributed by atoms with E-state index in [1.807, 2.05) is 6.26 Å². The van der Waals surface area contributed by atoms with Gasteiger partial charge in [-0.1, -0.05) is 31.2 Å². The van der Waals surface area contributed by atoms with Crippen molar-refractivity contribution < 1.29 is 4.42 Å². The van der Waals surface area contributed by atoms with Gasteiger partial charge in [0, 0.05) is 11.6 Å². The van der Waals surface area contributed by atoms with Crippen LogP contribution in [0.2, 0.25) is 0 Å². The van der Waals surface area contributed by atoms with Gasteiger partial charge in [-0.2, -0.15) is 0 Å². The summed E-state index contributed by atoms with van der Waals surface area (Å²) in [6.45, 7) is 3.19. The van der Waals surface area contributed by atoms with Crippen LogP contribution in [0.4, 0.5) is 0 Å². The molecule has 1 fully saturated rings. The first-order valence-corrected chi connectivity index (χ1v) is 7.73. The summed E-state index contributed by atoms with van der Waals surface area (Å²) in [5, 5.41) is 3.67. The van der Waals surface area contributed by atoms with Crippen molar-refractivity contribution in [3.05, 3.63) is 59.5 Å². The second-order valence-corrected chi connectivity index (χ2v) is 6.10. The fraction of sp³-hybridized carbons (Fsp3) is 0.444. The third-order valence-electron chi connectivity index (χ3n) is 5.10. The molecule has 1 saturated carbocycles. The largest absolute Gasteiger partial charge is 0.472 e. The maximum Gasteiger partial charge on any atom is 0.0950 e. The second-order valence-electron chi connectivity index (χ2n) is 6.10. The number of fused-ring (bicyclic) bond motifs is 3. The molecule has 104 valence electrons. The summed E-state index contributed by atoms with van der Waals surface area (Å²) in [4.78, 5) is 0. The molecule has 2 heteroatoms. The highest BCUT2D eigenvalue weighted by Crippen LogP contribution is 2.64. The normalized spacial score (nSPS) is 28.6. The van der Waals surface area contributed by atoms with Crippen LogP contribution in [0.5, 0.6) is 0 Å². The number of rotatable bonds is 4. The summed E-state index contributed by atoms with van der Waals surface area (Å²) in [5.41, 5.74) is 4.47. The molecule has 2 aliphatic rings. The van der Waals surface area contributed by atoms with Gasteiger partial charge in [0.2, 0.25) is 0 Å². The fourth-order valence-electron chi connectivity index (χ4n) is 4.22. The third kappa shape index (κ3) is 1.82. The van der Waals surface area contributed by atoms with Gasteiger partial charge in [0.25, 0.3) is 0 Å². The zero-order valence-corrected chi connectivity index (χ0v) is 11.9. The number of hydrogen-bond acceptors (Lipinski definition) is 2. The lowest BCUT2D eigenvalue weighted by Crippen LogP contribution is -2.23. The van der Waals surface area contributed by atoms with Crippen LogP contribution in [0.15, 0.2) is 47.3 Å². The Bertz CT molecular complexity index is 589. The Morgan fingerprint density at radius 2 is 2.20 bits per heavy atom. The molecule has 1 heterocycles. The van der Waals surface area contributed by atoms with E-state index in [-0.39, 0.29) is 0 Å². The first-order valence-electron chi connectivity index (χ1n) is 7.73. The second kappa shape index (κ2) is 4.78. The van der Waals surface area contributed by atoms with E-state index in [4.69, 9.17) is 4.42 Å². The maximum atomic E-state index is 5.30. The SMILES string of the molecule is CCNC(c1ccoc1)C1C2CCc3ccccc3C21. The number of furan rings is 1. The van der Waals surface area contributed by atoms with E-state index in [9.17, 15) is 0 Å². The predicted molar refractivity (Wildman–Crippen MR) is 79.6 cm³/mol. The van der Waals surface area contributed by atoms with Crippen LogP contribution >= 0.6 is 0 Å². The fourth-order valence-corrected chi connectivity index (χ4v) is 4.22. The van der Waals surface area contributed by atoms with E-state index in [2.05, 4.69) is 42.6 Å². The Balaban J connectivity index is 1.65. The highest BCUT2D eigenvalue weighted by Gasteiger charge is 2.56. The van der Waals surface area contributed by atoms with Crippen LogP contribution in [-0.2, 0) is 6.42 Å². The minimum Gasteiger partial charge on any atom is -0.472 e. The highest BCUT2D eigenvalue weighted by atomic mass is 16.3. The molecular formula is C18H21NO. The molecule has 0 radical (unpaired) electrons. The molecular weight excluding hydrogens is 246 g/mol. The van der Waals surface area contributed by atoms with Crippen molar-refractivity contribution in [2.75, 3.05) is 6.54 Å². The Morgan fingerprint density at radius 1 is 1.30 bits per heavy atom. The Morgan fingerprint density at radius 3 is 3.00 bits per heavy atom. The van der Waals surface area contributed by atoms with Gasteiger partial charge in [-0.25, -0.2) is 0 Å². The summed E-state index contributed by atoms with van der Waals surface area (Å²) in [6.07, 6.45) is 6.29. The molecule has 1 aromatic heterocycles. The van der Waals surface area contributed by atoms with Crippen LogP contribution in [0.25, 0.3) is 0 Å². The highest BCUT2D eigenvalue weighted by molar-refractivity contribution is 5.41. The quantitative estimate of drug-likeness (QED) is 0.908. The summed E-state index contributed by atoms with van der Waals surface area (Å²) in [5.74, 6) is 2.33. The van der Waals surface area contributed by atoms with Gasteiger partial charge in [0.05, 0.1) is 12.5 Å². The van der Waals surface area contributed by atoms with Gasteiger partial charge >= 0.3 is 0 Å². The maximum absolute atomic E-state index is 5.30. The average molecular weight is 267 g/mol. The van der Waals surface area contributed by atoms with Gasteiger partial charge in [-0.15, -0.1) is 0 Å². The van der Waals surface area contributed by atoms with Gasteiger partial charge in [-0.05, 0) is 54.3 Å². The van der Waals surface area contributed by atoms with E-state index in [0.29, 0.717) is 6.04 Å². The standard InChI is InChI=1S/C18H21NO/c1-2-19-18(13-9-10-20-11-13)17-15-8-7-12-5-3-4-6-14(12)16(15)17/h3-6,9-11,15-19H,2,7-8H2,1H3. The number of nitrogens with one attached hydrogen (secondary N) is 1. The first kappa shape index (κ1) is 12.2. The molecule has 1 N–H and O–H groups in total. The van der Waals surface area contributed by atoms with Gasteiger partial charge < -0.3 is 9.73 Å². The predicted octanol–water partition coefficient (Wildman–Crippen LogP) is 3.91. The van der Waals surface area contributed by atoms with Crippen LogP contribution < -0.4 is 5.32 Å². The lowest BCUT2D eigenvalue weighted by atomic mass is 9.92. The summed E-state index contributed by atoms with van der Waals surface area (Å²) < 4.78 is 5.30. The molecule has 2 nitrogen and oxygen atoms in total. The molecule has 1 aromatic carbocycles. The average Bonchev–Trinajstić information content (AvgIpc) is 2.96. The molecule has 4 unspecified atom stereocenters. The topological polar surface area (TPSA) is 25.2 Å². The zero-order chi connectivity index (χ0) is 13.5. The van der Waals surface area contributed by atoms with Crippen molar-refractivity contribution >= 4 is 0 Å². The Labute approximate surface area is 120 Å². The van der Waals surface area contributed by atoms with E-state index in [1.54, 1.807) is 17.4 Å². The molecule has 0 aliphatic heterocycles.